The van der Waals surface area contributed by atoms with Gasteiger partial charge in [-0.05, 0) is 61.9 Å². The van der Waals surface area contributed by atoms with Crippen LogP contribution in [-0.2, 0) is 4.79 Å². The molecule has 0 fully saturated rings. The number of amides is 1. The summed E-state index contributed by atoms with van der Waals surface area (Å²) < 4.78 is 11.4. The van der Waals surface area contributed by atoms with Crippen LogP contribution in [0.2, 0.25) is 0 Å². The number of benzene rings is 2. The minimum Gasteiger partial charge on any atom is -0.490 e. The molecule has 154 valence electrons. The van der Waals surface area contributed by atoms with Crippen molar-refractivity contribution in [3.05, 3.63) is 53.6 Å². The van der Waals surface area contributed by atoms with Crippen molar-refractivity contribution in [1.29, 1.82) is 0 Å². The fraction of sp³-hybridized carbons (Fsp3) is 0.286. The van der Waals surface area contributed by atoms with Crippen LogP contribution in [0.4, 0.5) is 5.69 Å². The first-order valence-corrected chi connectivity index (χ1v) is 9.09. The van der Waals surface area contributed by atoms with Gasteiger partial charge in [-0.15, -0.1) is 0 Å². The molecule has 2 aromatic carbocycles. The molecule has 0 saturated heterocycles. The van der Waals surface area contributed by atoms with E-state index in [-0.39, 0.29) is 11.5 Å². The Bertz CT molecular complexity index is 878. The van der Waals surface area contributed by atoms with Crippen molar-refractivity contribution >= 4 is 23.8 Å². The molecule has 2 N–H and O–H groups in total. The number of anilines is 1. The first kappa shape index (κ1) is 21.7. The number of ether oxygens (including phenoxy) is 2. The molecule has 1 amide bonds. The van der Waals surface area contributed by atoms with Gasteiger partial charge in [0.05, 0.1) is 24.1 Å². The zero-order chi connectivity index (χ0) is 21.4. The third-order valence-electron chi connectivity index (χ3n) is 3.90. The quantitative estimate of drug-likeness (QED) is 0.496. The maximum Gasteiger partial charge on any atom is 0.335 e. The number of nitrogens with one attached hydrogen (secondary N) is 1. The smallest absolute Gasteiger partial charge is 0.335 e. The minimum atomic E-state index is -0.979. The first-order valence-electron chi connectivity index (χ1n) is 9.09. The van der Waals surface area contributed by atoms with Crippen LogP contribution in [0.25, 0.3) is 0 Å². The number of rotatable bonds is 9. The third kappa shape index (κ3) is 6.24. The number of hydrogen-bond acceptors (Lipinski definition) is 6. The topological polar surface area (TPSA) is 100 Å². The van der Waals surface area contributed by atoms with Gasteiger partial charge in [-0.1, -0.05) is 0 Å². The lowest BCUT2D eigenvalue weighted by atomic mass is 10.2. The molecule has 0 aromatic heterocycles. The Morgan fingerprint density at radius 3 is 2.45 bits per heavy atom. The number of carbonyl (C=O) groups is 2. The van der Waals surface area contributed by atoms with Crippen molar-refractivity contribution in [1.82, 2.24) is 4.90 Å². The van der Waals surface area contributed by atoms with E-state index in [1.54, 1.807) is 57.6 Å². The summed E-state index contributed by atoms with van der Waals surface area (Å²) in [6.07, 6.45) is 0.963. The summed E-state index contributed by atoms with van der Waals surface area (Å²) >= 11 is 0. The fourth-order valence-electron chi connectivity index (χ4n) is 2.44. The zero-order valence-corrected chi connectivity index (χ0v) is 16.9. The number of carboxylic acids is 1. The van der Waals surface area contributed by atoms with Gasteiger partial charge < -0.3 is 19.5 Å². The molecule has 2 rings (SSSR count). The molecule has 0 aliphatic rings. The van der Waals surface area contributed by atoms with Crippen LogP contribution in [0.1, 0.15) is 29.8 Å². The van der Waals surface area contributed by atoms with Crippen molar-refractivity contribution < 1.29 is 24.2 Å². The molecule has 0 bridgehead atoms. The van der Waals surface area contributed by atoms with Gasteiger partial charge in [0.1, 0.15) is 0 Å². The predicted octanol–water partition coefficient (Wildman–Crippen LogP) is 3.09. The molecule has 0 unspecified atom stereocenters. The average Bonchev–Trinajstić information content (AvgIpc) is 2.69. The number of hydrazone groups is 1. The van der Waals surface area contributed by atoms with Crippen molar-refractivity contribution in [3.8, 4) is 11.5 Å². The highest BCUT2D eigenvalue weighted by molar-refractivity contribution is 5.88. The lowest BCUT2D eigenvalue weighted by molar-refractivity contribution is -0.135. The van der Waals surface area contributed by atoms with Gasteiger partial charge in [0, 0.05) is 14.1 Å². The fourth-order valence-corrected chi connectivity index (χ4v) is 2.44. The van der Waals surface area contributed by atoms with E-state index in [4.69, 9.17) is 14.6 Å². The van der Waals surface area contributed by atoms with Gasteiger partial charge in [-0.25, -0.2) is 4.79 Å². The Kier molecular flexibility index (Phi) is 7.59. The van der Waals surface area contributed by atoms with E-state index in [2.05, 4.69) is 10.5 Å². The molecule has 0 radical (unpaired) electrons. The lowest BCUT2D eigenvalue weighted by Crippen LogP contribution is -2.35. The summed E-state index contributed by atoms with van der Waals surface area (Å²) in [6.45, 7) is 4.00. The Hall–Kier alpha value is -3.55. The van der Waals surface area contributed by atoms with Gasteiger partial charge in [0.15, 0.2) is 17.6 Å². The van der Waals surface area contributed by atoms with Crippen molar-refractivity contribution in [2.45, 2.75) is 20.0 Å². The van der Waals surface area contributed by atoms with Crippen LogP contribution in [0.5, 0.6) is 11.5 Å². The minimum absolute atomic E-state index is 0.142. The number of likely N-dealkylation sites (N-methyl/N-ethyl adjacent to an activating group) is 1. The normalized spacial score (nSPS) is 11.7. The third-order valence-corrected chi connectivity index (χ3v) is 3.90. The molecule has 8 heteroatoms. The summed E-state index contributed by atoms with van der Waals surface area (Å²) in [7, 11) is 3.35. The maximum atomic E-state index is 12.0. The summed E-state index contributed by atoms with van der Waals surface area (Å²) in [5.41, 5.74) is 4.47. The van der Waals surface area contributed by atoms with Gasteiger partial charge >= 0.3 is 5.97 Å². The second-order valence-corrected chi connectivity index (χ2v) is 6.38. The van der Waals surface area contributed by atoms with Crippen LogP contribution in [0, 0.1) is 0 Å². The van der Waals surface area contributed by atoms with E-state index in [1.807, 2.05) is 6.92 Å². The molecule has 1 atom stereocenters. The van der Waals surface area contributed by atoms with Crippen LogP contribution in [0.15, 0.2) is 47.6 Å². The summed E-state index contributed by atoms with van der Waals surface area (Å²) in [5.74, 6) is -0.131. The predicted molar refractivity (Wildman–Crippen MR) is 111 cm³/mol. The average molecular weight is 399 g/mol. The Morgan fingerprint density at radius 1 is 1.17 bits per heavy atom. The first-order chi connectivity index (χ1) is 13.8. The van der Waals surface area contributed by atoms with E-state index in [9.17, 15) is 9.59 Å². The molecule has 0 saturated carbocycles. The van der Waals surface area contributed by atoms with Gasteiger partial charge in [-0.3, -0.25) is 10.2 Å². The molecule has 29 heavy (non-hydrogen) atoms. The second-order valence-electron chi connectivity index (χ2n) is 6.38. The summed E-state index contributed by atoms with van der Waals surface area (Å²) in [4.78, 5) is 24.4. The highest BCUT2D eigenvalue weighted by atomic mass is 16.5. The SMILES string of the molecule is CCOc1cc(/C=N\Nc2ccc(C(=O)O)cc2)ccc1O[C@@H](C)C(=O)N(C)C. The van der Waals surface area contributed by atoms with Crippen molar-refractivity contribution in [3.63, 3.8) is 0 Å². The molecular formula is C21H25N3O5. The van der Waals surface area contributed by atoms with Crippen LogP contribution in [-0.4, -0.2) is 54.9 Å². The Morgan fingerprint density at radius 2 is 1.86 bits per heavy atom. The van der Waals surface area contributed by atoms with E-state index >= 15 is 0 Å². The van der Waals surface area contributed by atoms with E-state index in [0.29, 0.717) is 23.8 Å². The monoisotopic (exact) mass is 399 g/mol. The van der Waals surface area contributed by atoms with Crippen LogP contribution in [0.3, 0.4) is 0 Å². The summed E-state index contributed by atoms with van der Waals surface area (Å²) in [6, 6.07) is 11.5. The number of carbonyl (C=O) groups excluding carboxylic acids is 1. The Balaban J connectivity index is 2.09. The van der Waals surface area contributed by atoms with E-state index in [1.165, 1.54) is 17.0 Å². The molecule has 0 aliphatic carbocycles. The zero-order valence-electron chi connectivity index (χ0n) is 16.9. The molecular weight excluding hydrogens is 374 g/mol. The number of nitrogens with zero attached hydrogens (tertiary/aromatic N) is 2. The van der Waals surface area contributed by atoms with Gasteiger partial charge in [-0.2, -0.15) is 5.10 Å². The van der Waals surface area contributed by atoms with Gasteiger partial charge in [0.2, 0.25) is 0 Å². The highest BCUT2D eigenvalue weighted by Gasteiger charge is 2.18. The van der Waals surface area contributed by atoms with Crippen molar-refractivity contribution in [2.24, 2.45) is 5.10 Å². The molecule has 0 heterocycles. The van der Waals surface area contributed by atoms with Gasteiger partial charge in [0.25, 0.3) is 5.91 Å². The lowest BCUT2D eigenvalue weighted by Gasteiger charge is -2.20. The summed E-state index contributed by atoms with van der Waals surface area (Å²) in [5, 5.41) is 13.1. The second kappa shape index (κ2) is 10.1. The number of aromatic carboxylic acids is 1. The van der Waals surface area contributed by atoms with E-state index in [0.717, 1.165) is 5.56 Å². The van der Waals surface area contributed by atoms with Crippen LogP contribution < -0.4 is 14.9 Å². The maximum absolute atomic E-state index is 12.0. The standard InChI is InChI=1S/C21H25N3O5/c1-5-28-19-12-15(6-11-18(19)29-14(2)20(25)24(3)4)13-22-23-17-9-7-16(8-10-17)21(26)27/h6-14,23H,5H2,1-4H3,(H,26,27)/b22-13-/t14-/m0/s1. The Labute approximate surface area is 169 Å². The molecule has 8 nitrogen and oxygen atoms in total. The highest BCUT2D eigenvalue weighted by Crippen LogP contribution is 2.29. The molecule has 0 spiro atoms. The largest absolute Gasteiger partial charge is 0.490 e. The molecule has 2 aromatic rings. The number of hydrogen-bond donors (Lipinski definition) is 2. The molecule has 0 aliphatic heterocycles. The number of carboxylic acid groups (broad SMARTS) is 1. The van der Waals surface area contributed by atoms with E-state index < -0.39 is 12.1 Å². The van der Waals surface area contributed by atoms with Crippen LogP contribution >= 0.6 is 0 Å². The van der Waals surface area contributed by atoms with Crippen molar-refractivity contribution in [2.75, 3.05) is 26.1 Å².